The Labute approximate surface area is 104 Å². The van der Waals surface area contributed by atoms with E-state index >= 15 is 0 Å². The summed E-state index contributed by atoms with van der Waals surface area (Å²) >= 11 is 0. The first kappa shape index (κ1) is 12.2. The Morgan fingerprint density at radius 2 is 1.82 bits per heavy atom. The van der Waals surface area contributed by atoms with Crippen LogP contribution in [0.25, 0.3) is 0 Å². The van der Waals surface area contributed by atoms with Crippen LogP contribution in [0.2, 0.25) is 0 Å². The zero-order chi connectivity index (χ0) is 12.1. The normalized spacial score (nSPS) is 18.6. The molecule has 1 fully saturated rings. The molecule has 0 saturated heterocycles. The Kier molecular flexibility index (Phi) is 3.82. The van der Waals surface area contributed by atoms with Crippen molar-refractivity contribution in [2.45, 2.75) is 32.1 Å². The minimum absolute atomic E-state index is 0.108. The van der Waals surface area contributed by atoms with Crippen LogP contribution in [0.3, 0.4) is 0 Å². The molecule has 1 aliphatic rings. The van der Waals surface area contributed by atoms with E-state index < -0.39 is 0 Å². The Balaban J connectivity index is 2.06. The summed E-state index contributed by atoms with van der Waals surface area (Å²) < 4.78 is 0. The number of carbonyl (C=O) groups is 1. The summed E-state index contributed by atoms with van der Waals surface area (Å²) in [5, 5.41) is 0. The van der Waals surface area contributed by atoms with Gasteiger partial charge in [-0.3, -0.25) is 0 Å². The smallest absolute Gasteiger partial charge is 0.127 e. The molecule has 0 spiro atoms. The molecule has 0 radical (unpaired) electrons. The number of hydrogen-bond acceptors (Lipinski definition) is 2. The fraction of sp³-hybridized carbons (Fsp3) is 0.533. The SMILES string of the molecule is CN(CC1(C=O)CCCCC1)c1ccccc1. The van der Waals surface area contributed by atoms with E-state index in [1.807, 2.05) is 18.2 Å². The van der Waals surface area contributed by atoms with Gasteiger partial charge in [-0.05, 0) is 25.0 Å². The second-order valence-corrected chi connectivity index (χ2v) is 5.23. The van der Waals surface area contributed by atoms with E-state index in [0.29, 0.717) is 0 Å². The highest BCUT2D eigenvalue weighted by Gasteiger charge is 2.32. The summed E-state index contributed by atoms with van der Waals surface area (Å²) in [6.45, 7) is 0.848. The number of nitrogens with zero attached hydrogens (tertiary/aromatic N) is 1. The number of benzene rings is 1. The maximum atomic E-state index is 11.4. The molecule has 1 aliphatic carbocycles. The van der Waals surface area contributed by atoms with Gasteiger partial charge in [0.15, 0.2) is 0 Å². The molecule has 17 heavy (non-hydrogen) atoms. The molecule has 0 atom stereocenters. The van der Waals surface area contributed by atoms with Crippen LogP contribution in [-0.4, -0.2) is 19.9 Å². The fourth-order valence-corrected chi connectivity index (χ4v) is 2.82. The molecule has 2 nitrogen and oxygen atoms in total. The molecule has 0 heterocycles. The van der Waals surface area contributed by atoms with Crippen molar-refractivity contribution >= 4 is 12.0 Å². The van der Waals surface area contributed by atoms with Crippen molar-refractivity contribution in [3.05, 3.63) is 30.3 Å². The van der Waals surface area contributed by atoms with E-state index in [9.17, 15) is 4.79 Å². The third kappa shape index (κ3) is 2.87. The van der Waals surface area contributed by atoms with Crippen LogP contribution in [0, 0.1) is 5.41 Å². The average molecular weight is 231 g/mol. The van der Waals surface area contributed by atoms with E-state index in [0.717, 1.165) is 19.4 Å². The summed E-state index contributed by atoms with van der Waals surface area (Å²) in [6, 6.07) is 10.3. The molecule has 0 bridgehead atoms. The van der Waals surface area contributed by atoms with Crippen molar-refractivity contribution in [3.8, 4) is 0 Å². The largest absolute Gasteiger partial charge is 0.374 e. The summed E-state index contributed by atoms with van der Waals surface area (Å²) in [4.78, 5) is 13.6. The molecular weight excluding hydrogens is 210 g/mol. The van der Waals surface area contributed by atoms with Gasteiger partial charge in [0.25, 0.3) is 0 Å². The lowest BCUT2D eigenvalue weighted by Crippen LogP contribution is -2.38. The highest BCUT2D eigenvalue weighted by atomic mass is 16.1. The number of anilines is 1. The number of hydrogen-bond donors (Lipinski definition) is 0. The Hall–Kier alpha value is -1.31. The molecule has 1 saturated carbocycles. The van der Waals surface area contributed by atoms with E-state index in [1.54, 1.807) is 0 Å². The van der Waals surface area contributed by atoms with Crippen LogP contribution >= 0.6 is 0 Å². The fourth-order valence-electron chi connectivity index (χ4n) is 2.82. The molecule has 0 unspecified atom stereocenters. The maximum absolute atomic E-state index is 11.4. The summed E-state index contributed by atoms with van der Waals surface area (Å²) in [5.74, 6) is 0. The molecule has 92 valence electrons. The van der Waals surface area contributed by atoms with Gasteiger partial charge in [-0.1, -0.05) is 37.5 Å². The number of aldehydes is 1. The van der Waals surface area contributed by atoms with Gasteiger partial charge in [-0.15, -0.1) is 0 Å². The number of rotatable bonds is 4. The second kappa shape index (κ2) is 5.35. The highest BCUT2D eigenvalue weighted by molar-refractivity contribution is 5.61. The zero-order valence-electron chi connectivity index (χ0n) is 10.6. The summed E-state index contributed by atoms with van der Waals surface area (Å²) in [7, 11) is 2.08. The molecule has 1 aromatic rings. The van der Waals surface area contributed by atoms with Crippen LogP contribution in [-0.2, 0) is 4.79 Å². The van der Waals surface area contributed by atoms with E-state index in [2.05, 4.69) is 24.1 Å². The Morgan fingerprint density at radius 1 is 1.18 bits per heavy atom. The molecule has 0 amide bonds. The first-order valence-electron chi connectivity index (χ1n) is 6.48. The average Bonchev–Trinajstić information content (AvgIpc) is 2.41. The lowest BCUT2D eigenvalue weighted by molar-refractivity contribution is -0.117. The first-order valence-corrected chi connectivity index (χ1v) is 6.48. The van der Waals surface area contributed by atoms with Crippen molar-refractivity contribution in [1.82, 2.24) is 0 Å². The minimum atomic E-state index is -0.108. The predicted octanol–water partition coefficient (Wildman–Crippen LogP) is 3.27. The van der Waals surface area contributed by atoms with Crippen molar-refractivity contribution in [2.75, 3.05) is 18.5 Å². The standard InChI is InChI=1S/C15H21NO/c1-16(14-8-4-2-5-9-14)12-15(13-17)10-6-3-7-11-15/h2,4-5,8-9,13H,3,6-7,10-12H2,1H3. The van der Waals surface area contributed by atoms with Crippen molar-refractivity contribution in [2.24, 2.45) is 5.41 Å². The first-order chi connectivity index (χ1) is 8.26. The molecular formula is C15H21NO. The molecule has 0 aromatic heterocycles. The molecule has 0 aliphatic heterocycles. The van der Waals surface area contributed by atoms with Gasteiger partial charge in [0.2, 0.25) is 0 Å². The van der Waals surface area contributed by atoms with Crippen molar-refractivity contribution < 1.29 is 4.79 Å². The van der Waals surface area contributed by atoms with Gasteiger partial charge in [0, 0.05) is 24.7 Å². The van der Waals surface area contributed by atoms with Gasteiger partial charge >= 0.3 is 0 Å². The number of carbonyl (C=O) groups excluding carboxylic acids is 1. The Morgan fingerprint density at radius 3 is 2.41 bits per heavy atom. The molecule has 0 N–H and O–H groups in total. The van der Waals surface area contributed by atoms with Gasteiger partial charge in [-0.2, -0.15) is 0 Å². The quantitative estimate of drug-likeness (QED) is 0.741. The topological polar surface area (TPSA) is 20.3 Å². The van der Waals surface area contributed by atoms with Crippen LogP contribution < -0.4 is 4.90 Å². The third-order valence-electron chi connectivity index (χ3n) is 3.85. The van der Waals surface area contributed by atoms with Crippen LogP contribution in [0.1, 0.15) is 32.1 Å². The van der Waals surface area contributed by atoms with Gasteiger partial charge in [0.1, 0.15) is 6.29 Å². The van der Waals surface area contributed by atoms with E-state index in [-0.39, 0.29) is 5.41 Å². The molecule has 2 heteroatoms. The van der Waals surface area contributed by atoms with Crippen molar-refractivity contribution in [1.29, 1.82) is 0 Å². The van der Waals surface area contributed by atoms with Crippen LogP contribution in [0.4, 0.5) is 5.69 Å². The Bertz CT molecular complexity index is 354. The van der Waals surface area contributed by atoms with Gasteiger partial charge in [0.05, 0.1) is 0 Å². The lowest BCUT2D eigenvalue weighted by atomic mass is 9.75. The van der Waals surface area contributed by atoms with Crippen LogP contribution in [0.5, 0.6) is 0 Å². The third-order valence-corrected chi connectivity index (χ3v) is 3.85. The maximum Gasteiger partial charge on any atom is 0.127 e. The lowest BCUT2D eigenvalue weighted by Gasteiger charge is -2.36. The number of para-hydroxylation sites is 1. The van der Waals surface area contributed by atoms with E-state index in [1.165, 1.54) is 31.2 Å². The summed E-state index contributed by atoms with van der Waals surface area (Å²) in [6.07, 6.45) is 6.97. The van der Waals surface area contributed by atoms with Gasteiger partial charge < -0.3 is 9.69 Å². The van der Waals surface area contributed by atoms with Crippen molar-refractivity contribution in [3.63, 3.8) is 0 Å². The second-order valence-electron chi connectivity index (χ2n) is 5.23. The monoisotopic (exact) mass is 231 g/mol. The highest BCUT2D eigenvalue weighted by Crippen LogP contribution is 2.35. The minimum Gasteiger partial charge on any atom is -0.374 e. The molecule has 2 rings (SSSR count). The predicted molar refractivity (Wildman–Crippen MR) is 71.3 cm³/mol. The van der Waals surface area contributed by atoms with E-state index in [4.69, 9.17) is 0 Å². The summed E-state index contributed by atoms with van der Waals surface area (Å²) in [5.41, 5.74) is 1.09. The van der Waals surface area contributed by atoms with Gasteiger partial charge in [-0.25, -0.2) is 0 Å². The van der Waals surface area contributed by atoms with Crippen LogP contribution in [0.15, 0.2) is 30.3 Å². The zero-order valence-corrected chi connectivity index (χ0v) is 10.6. The molecule has 1 aromatic carbocycles.